The summed E-state index contributed by atoms with van der Waals surface area (Å²) in [6.45, 7) is 2.53. The van der Waals surface area contributed by atoms with E-state index in [1.165, 1.54) is 0 Å². The van der Waals surface area contributed by atoms with E-state index in [2.05, 4.69) is 15.9 Å². The number of carbonyl (C=O) groups excluding carboxylic acids is 1. The van der Waals surface area contributed by atoms with E-state index in [0.717, 1.165) is 6.42 Å². The van der Waals surface area contributed by atoms with Gasteiger partial charge < -0.3 is 9.47 Å². The van der Waals surface area contributed by atoms with Gasteiger partial charge in [-0.1, -0.05) is 0 Å². The normalized spacial score (nSPS) is 23.6. The Labute approximate surface area is 129 Å². The van der Waals surface area contributed by atoms with E-state index in [1.807, 2.05) is 6.92 Å². The Morgan fingerprint density at radius 3 is 2.85 bits per heavy atom. The van der Waals surface area contributed by atoms with Crippen molar-refractivity contribution in [2.24, 2.45) is 0 Å². The number of Topliss-reactive ketones (excluding diaryl/α,β-unsaturated/α-hetero) is 1. The zero-order chi connectivity index (χ0) is 14.7. The molecule has 0 radical (unpaired) electrons. The average molecular weight is 361 g/mol. The van der Waals surface area contributed by atoms with Crippen molar-refractivity contribution < 1.29 is 18.5 Å². The minimum absolute atomic E-state index is 0.0359. The van der Waals surface area contributed by atoms with Gasteiger partial charge in [-0.3, -0.25) is 9.00 Å². The van der Waals surface area contributed by atoms with E-state index < -0.39 is 10.8 Å². The zero-order valence-corrected chi connectivity index (χ0v) is 13.8. The lowest BCUT2D eigenvalue weighted by molar-refractivity contribution is 0.102. The zero-order valence-electron chi connectivity index (χ0n) is 11.4. The van der Waals surface area contributed by atoms with Gasteiger partial charge in [-0.05, 0) is 47.5 Å². The Balaban J connectivity index is 2.04. The maximum atomic E-state index is 12.2. The van der Waals surface area contributed by atoms with E-state index in [1.54, 1.807) is 25.3 Å². The molecule has 1 heterocycles. The van der Waals surface area contributed by atoms with Crippen molar-refractivity contribution in [2.75, 3.05) is 19.5 Å². The third-order valence-corrected chi connectivity index (χ3v) is 5.85. The van der Waals surface area contributed by atoms with Crippen LogP contribution in [0.3, 0.4) is 0 Å². The van der Waals surface area contributed by atoms with E-state index >= 15 is 0 Å². The van der Waals surface area contributed by atoms with Crippen molar-refractivity contribution >= 4 is 32.5 Å². The van der Waals surface area contributed by atoms with Crippen LogP contribution in [-0.2, 0) is 15.5 Å². The van der Waals surface area contributed by atoms with Gasteiger partial charge in [0.1, 0.15) is 5.75 Å². The van der Waals surface area contributed by atoms with Crippen LogP contribution in [0.4, 0.5) is 0 Å². The molecular weight excluding hydrogens is 344 g/mol. The lowest BCUT2D eigenvalue weighted by Gasteiger charge is -2.13. The first-order valence-electron chi connectivity index (χ1n) is 6.38. The van der Waals surface area contributed by atoms with Crippen LogP contribution in [0.25, 0.3) is 0 Å². The summed E-state index contributed by atoms with van der Waals surface area (Å²) in [4.78, 5) is 12.2. The minimum Gasteiger partial charge on any atom is -0.496 e. The molecule has 110 valence electrons. The van der Waals surface area contributed by atoms with E-state index in [-0.39, 0.29) is 22.9 Å². The molecule has 0 amide bonds. The van der Waals surface area contributed by atoms with Crippen LogP contribution >= 0.6 is 15.9 Å². The highest BCUT2D eigenvalue weighted by atomic mass is 79.9. The summed E-state index contributed by atoms with van der Waals surface area (Å²) in [5.74, 6) is 0.586. The van der Waals surface area contributed by atoms with Gasteiger partial charge in [0.2, 0.25) is 0 Å². The number of ether oxygens (including phenoxy) is 2. The van der Waals surface area contributed by atoms with Crippen LogP contribution in [0.5, 0.6) is 5.75 Å². The molecule has 0 aromatic heterocycles. The van der Waals surface area contributed by atoms with Gasteiger partial charge in [-0.2, -0.15) is 0 Å². The lowest BCUT2D eigenvalue weighted by atomic mass is 10.1. The van der Waals surface area contributed by atoms with Crippen molar-refractivity contribution in [3.63, 3.8) is 0 Å². The summed E-state index contributed by atoms with van der Waals surface area (Å²) in [6.07, 6.45) is 0.721. The molecule has 1 aliphatic rings. The number of carbonyl (C=O) groups is 1. The predicted molar refractivity (Wildman–Crippen MR) is 81.9 cm³/mol. The van der Waals surface area contributed by atoms with E-state index in [9.17, 15) is 9.00 Å². The third kappa shape index (κ3) is 3.48. The van der Waals surface area contributed by atoms with Gasteiger partial charge in [0, 0.05) is 23.0 Å². The molecular formula is C14H17BrO4S. The minimum atomic E-state index is -1.19. The summed E-state index contributed by atoms with van der Waals surface area (Å²) >= 11 is 3.34. The van der Waals surface area contributed by atoms with Crippen molar-refractivity contribution in [1.82, 2.24) is 0 Å². The van der Waals surface area contributed by atoms with Gasteiger partial charge >= 0.3 is 0 Å². The highest BCUT2D eigenvalue weighted by Gasteiger charge is 2.30. The van der Waals surface area contributed by atoms with E-state index in [4.69, 9.17) is 9.47 Å². The van der Waals surface area contributed by atoms with Crippen molar-refractivity contribution in [3.05, 3.63) is 28.2 Å². The first-order chi connectivity index (χ1) is 9.52. The molecule has 2 rings (SSSR count). The summed E-state index contributed by atoms with van der Waals surface area (Å²) in [5.41, 5.74) is 0.539. The summed E-state index contributed by atoms with van der Waals surface area (Å²) in [6, 6.07) is 5.12. The Bertz CT molecular complexity index is 532. The molecule has 1 fully saturated rings. The smallest absolute Gasteiger partial charge is 0.175 e. The Morgan fingerprint density at radius 1 is 1.55 bits per heavy atom. The molecule has 1 saturated heterocycles. The highest BCUT2D eigenvalue weighted by molar-refractivity contribution is 9.10. The van der Waals surface area contributed by atoms with Crippen LogP contribution in [-0.4, -0.2) is 40.8 Å². The Morgan fingerprint density at radius 2 is 2.30 bits per heavy atom. The number of halogens is 1. The second-order valence-corrected chi connectivity index (χ2v) is 7.21. The summed E-state index contributed by atoms with van der Waals surface area (Å²) in [7, 11) is 0.377. The molecule has 0 saturated carbocycles. The SMILES string of the molecule is COc1ccc(C(=O)CS(=O)C2CCOC2C)cc1Br. The monoisotopic (exact) mass is 360 g/mol. The van der Waals surface area contributed by atoms with Crippen LogP contribution < -0.4 is 4.74 Å². The fourth-order valence-electron chi connectivity index (χ4n) is 2.22. The first-order valence-corrected chi connectivity index (χ1v) is 8.56. The molecule has 6 heteroatoms. The molecule has 0 spiro atoms. The number of hydrogen-bond donors (Lipinski definition) is 0. The molecule has 3 unspecified atom stereocenters. The van der Waals surface area contributed by atoms with Crippen molar-refractivity contribution in [1.29, 1.82) is 0 Å². The lowest BCUT2D eigenvalue weighted by Crippen LogP contribution is -2.27. The average Bonchev–Trinajstić information content (AvgIpc) is 2.84. The van der Waals surface area contributed by atoms with E-state index in [0.29, 0.717) is 22.4 Å². The fourth-order valence-corrected chi connectivity index (χ4v) is 4.26. The van der Waals surface area contributed by atoms with Gasteiger partial charge in [0.25, 0.3) is 0 Å². The quantitative estimate of drug-likeness (QED) is 0.757. The van der Waals surface area contributed by atoms with Crippen LogP contribution in [0.15, 0.2) is 22.7 Å². The van der Waals surface area contributed by atoms with Gasteiger partial charge in [0.05, 0.1) is 28.7 Å². The molecule has 1 aliphatic heterocycles. The maximum Gasteiger partial charge on any atom is 0.175 e. The molecule has 1 aromatic rings. The van der Waals surface area contributed by atoms with Crippen LogP contribution in [0.1, 0.15) is 23.7 Å². The maximum absolute atomic E-state index is 12.2. The molecule has 4 nitrogen and oxygen atoms in total. The predicted octanol–water partition coefficient (Wildman–Crippen LogP) is 2.57. The molecule has 0 N–H and O–H groups in total. The van der Waals surface area contributed by atoms with Crippen LogP contribution in [0, 0.1) is 0 Å². The Hall–Kier alpha value is -0.720. The van der Waals surface area contributed by atoms with Gasteiger partial charge in [-0.15, -0.1) is 0 Å². The van der Waals surface area contributed by atoms with Crippen molar-refractivity contribution in [3.8, 4) is 5.75 Å². The Kier molecular flexibility index (Phi) is 5.35. The molecule has 3 atom stereocenters. The molecule has 0 aliphatic carbocycles. The molecule has 1 aromatic carbocycles. The molecule has 20 heavy (non-hydrogen) atoms. The topological polar surface area (TPSA) is 52.6 Å². The summed E-state index contributed by atoms with van der Waals surface area (Å²) < 4.78 is 23.5. The number of rotatable bonds is 5. The number of ketones is 1. The van der Waals surface area contributed by atoms with Gasteiger partial charge in [0.15, 0.2) is 5.78 Å². The number of methoxy groups -OCH3 is 1. The number of hydrogen-bond acceptors (Lipinski definition) is 4. The van der Waals surface area contributed by atoms with Crippen LogP contribution in [0.2, 0.25) is 0 Å². The van der Waals surface area contributed by atoms with Crippen molar-refractivity contribution in [2.45, 2.75) is 24.7 Å². The summed E-state index contributed by atoms with van der Waals surface area (Å²) in [5, 5.41) is -0.0411. The molecule has 0 bridgehead atoms. The first kappa shape index (κ1) is 15.7. The van der Waals surface area contributed by atoms with Gasteiger partial charge in [-0.25, -0.2) is 0 Å². The largest absolute Gasteiger partial charge is 0.496 e. The highest BCUT2D eigenvalue weighted by Crippen LogP contribution is 2.26. The number of benzene rings is 1. The second-order valence-electron chi connectivity index (χ2n) is 4.70. The standard InChI is InChI=1S/C14H17BrO4S/c1-9-14(5-6-19-9)20(17)8-12(16)10-3-4-13(18-2)11(15)7-10/h3-4,7,9,14H,5-6,8H2,1-2H3. The fraction of sp³-hybridized carbons (Fsp3) is 0.500. The second kappa shape index (κ2) is 6.83. The third-order valence-electron chi connectivity index (χ3n) is 3.39.